The quantitative estimate of drug-likeness (QED) is 0.161. The van der Waals surface area contributed by atoms with Crippen LogP contribution < -0.4 is 0 Å². The zero-order valence-corrected chi connectivity index (χ0v) is 34.7. The molecule has 4 heterocycles. The van der Waals surface area contributed by atoms with E-state index in [1.807, 2.05) is 18.3 Å². The van der Waals surface area contributed by atoms with E-state index >= 15 is 0 Å². The summed E-state index contributed by atoms with van der Waals surface area (Å²) in [5.74, 6) is -0.891. The maximum Gasteiger partial charge on any atom is 0.216 e. The second-order valence-electron chi connectivity index (χ2n) is 15.4. The van der Waals surface area contributed by atoms with Crippen molar-refractivity contribution >= 4 is 22.1 Å². The van der Waals surface area contributed by atoms with E-state index in [1.54, 1.807) is 54.6 Å². The molecule has 0 bridgehead atoms. The number of aromatic nitrogens is 3. The molecule has 0 spiro atoms. The van der Waals surface area contributed by atoms with Crippen LogP contribution in [0.1, 0.15) is 113 Å². The molecule has 0 N–H and O–H groups in total. The normalized spacial score (nSPS) is 18.7. The first kappa shape index (κ1) is 25.3. The molecule has 0 aliphatic heterocycles. The molecular weight excluding hydrogens is 887 g/mol. The molecule has 0 saturated heterocycles. The maximum atomic E-state index is 8.95. The number of rotatable bonds is 5. The summed E-state index contributed by atoms with van der Waals surface area (Å²) in [5.41, 5.74) is 4.86. The maximum absolute atomic E-state index is 8.95. The van der Waals surface area contributed by atoms with Crippen LogP contribution in [-0.4, -0.2) is 15.0 Å². The molecule has 4 aromatic heterocycles. The minimum absolute atomic E-state index is 0. The van der Waals surface area contributed by atoms with Gasteiger partial charge in [-0.05, 0) is 125 Å². The van der Waals surface area contributed by atoms with Gasteiger partial charge in [0.15, 0.2) is 0 Å². The Morgan fingerprint density at radius 2 is 1.52 bits per heavy atom. The van der Waals surface area contributed by atoms with Crippen molar-refractivity contribution in [3.63, 3.8) is 0 Å². The van der Waals surface area contributed by atoms with E-state index in [4.69, 9.17) is 26.3 Å². The van der Waals surface area contributed by atoms with Crippen molar-refractivity contribution in [2.24, 2.45) is 0 Å². The van der Waals surface area contributed by atoms with Gasteiger partial charge in [-0.2, -0.15) is 0 Å². The Morgan fingerprint density at radius 3 is 2.24 bits per heavy atom. The third kappa shape index (κ3) is 8.48. The van der Waals surface area contributed by atoms with Crippen molar-refractivity contribution in [1.29, 1.82) is 0 Å². The second-order valence-corrected chi connectivity index (χ2v) is 15.4. The van der Waals surface area contributed by atoms with Crippen LogP contribution in [-0.2, 0) is 25.5 Å². The Morgan fingerprint density at radius 1 is 0.707 bits per heavy atom. The van der Waals surface area contributed by atoms with Crippen LogP contribution in [0.25, 0.3) is 66.8 Å². The summed E-state index contributed by atoms with van der Waals surface area (Å²) in [6, 6.07) is 32.1. The van der Waals surface area contributed by atoms with Gasteiger partial charge in [0.25, 0.3) is 0 Å². The van der Waals surface area contributed by atoms with Crippen LogP contribution in [0.5, 0.6) is 0 Å². The molecule has 5 heteroatoms. The summed E-state index contributed by atoms with van der Waals surface area (Å²) in [6.45, 7) is -6.15. The summed E-state index contributed by atoms with van der Waals surface area (Å²) in [6.07, 6.45) is 6.03. The zero-order chi connectivity index (χ0) is 53.3. The van der Waals surface area contributed by atoms with E-state index in [1.165, 1.54) is 42.1 Å². The molecule has 1 fully saturated rings. The van der Waals surface area contributed by atoms with Crippen LogP contribution in [0, 0.1) is 46.4 Å². The smallest absolute Gasteiger partial charge is 0.216 e. The molecule has 8 aromatic rings. The van der Waals surface area contributed by atoms with Gasteiger partial charge >= 0.3 is 0 Å². The Labute approximate surface area is 380 Å². The molecule has 295 valence electrons. The van der Waals surface area contributed by atoms with Gasteiger partial charge in [0.05, 0.1) is 5.58 Å². The molecule has 1 saturated carbocycles. The Kier molecular flexibility index (Phi) is 7.39. The van der Waals surface area contributed by atoms with Crippen molar-refractivity contribution in [1.82, 2.24) is 15.0 Å². The average Bonchev–Trinajstić information content (AvgIpc) is 3.93. The summed E-state index contributed by atoms with van der Waals surface area (Å²) in [7, 11) is 0. The predicted octanol–water partition coefficient (Wildman–Crippen LogP) is 14.2. The average molecular weight is 954 g/mol. The van der Waals surface area contributed by atoms with Gasteiger partial charge < -0.3 is 14.4 Å². The van der Waals surface area contributed by atoms with E-state index in [0.717, 1.165) is 24.1 Å². The van der Waals surface area contributed by atoms with E-state index < -0.39 is 40.2 Å². The van der Waals surface area contributed by atoms with Crippen molar-refractivity contribution in [2.75, 3.05) is 0 Å². The molecule has 1 aliphatic rings. The van der Waals surface area contributed by atoms with Crippen LogP contribution in [0.2, 0.25) is 0 Å². The molecule has 0 atom stereocenters. The summed E-state index contributed by atoms with van der Waals surface area (Å²) < 4.78 is 136. The third-order valence-corrected chi connectivity index (χ3v) is 10.4. The Balaban J connectivity index is 0.000000320. The SMILES string of the molecule is [2H]C([2H])([2H])c1c[c-]c(-c2ccc(C(C)(C)C)cn2)cc1.[2H]C([2H])([2H])c1ccc2c(n1)oc1c(-c3cc(-c4ccc(-c5ccc(C6([2H])CCCC6)cc5C([2H])([2H])[2H])cc4C([2H])([2H])[2H])c(C([2H])([2H])[2H])cn3)[c-]ccc12.[Ir]. The zero-order valence-electron chi connectivity index (χ0n) is 48.3. The number of pyridine rings is 3. The molecule has 4 aromatic carbocycles. The first-order valence-corrected chi connectivity index (χ1v) is 18.9. The third-order valence-electron chi connectivity index (χ3n) is 10.4. The number of furan rings is 1. The monoisotopic (exact) mass is 954 g/mol. The van der Waals surface area contributed by atoms with Gasteiger partial charge in [-0.15, -0.1) is 53.6 Å². The molecule has 9 rings (SSSR count). The standard InChI is InChI=1S/C37H33N2O.C16H18N.Ir/c1-22-18-27(26-8-5-6-9-26)13-16-29(22)28-14-17-30(23(2)19-28)34-20-35(38-21-24(34)3)33-11-7-10-31-32-15-12-25(4)39-37(32)40-36(31)33;1-12-5-7-13(8-6-12)15-10-9-14(11-17-15)16(2,3)4;/h7,10,12-21,26H,5-6,8-9H2,1-4H3;5-7,9-11H,1-4H3;/q2*-1;/i1D3,2D3,3D3,4D3,26D;1D3;. The van der Waals surface area contributed by atoms with Gasteiger partial charge in [0.1, 0.15) is 0 Å². The number of aryl methyl sites for hydroxylation is 5. The number of hydrogen-bond donors (Lipinski definition) is 0. The molecule has 1 aliphatic carbocycles. The molecule has 0 amide bonds. The van der Waals surface area contributed by atoms with E-state index in [9.17, 15) is 0 Å². The van der Waals surface area contributed by atoms with Crippen molar-refractivity contribution in [3.05, 3.63) is 161 Å². The molecular formula is C53H51IrN3O-2. The van der Waals surface area contributed by atoms with Crippen LogP contribution in [0.3, 0.4) is 0 Å². The number of fused-ring (bicyclic) bond motifs is 3. The van der Waals surface area contributed by atoms with Crippen LogP contribution >= 0.6 is 0 Å². The topological polar surface area (TPSA) is 51.8 Å². The minimum atomic E-state index is -2.76. The van der Waals surface area contributed by atoms with Crippen LogP contribution in [0.15, 0.2) is 114 Å². The van der Waals surface area contributed by atoms with Gasteiger partial charge in [0.2, 0.25) is 5.71 Å². The predicted molar refractivity (Wildman–Crippen MR) is 237 cm³/mol. The van der Waals surface area contributed by atoms with E-state index in [2.05, 4.69) is 47.9 Å². The first-order valence-electron chi connectivity index (χ1n) is 26.9. The minimum Gasteiger partial charge on any atom is -0.486 e. The van der Waals surface area contributed by atoms with E-state index in [0.29, 0.717) is 51.4 Å². The van der Waals surface area contributed by atoms with Crippen LogP contribution in [0.4, 0.5) is 0 Å². The number of hydrogen-bond acceptors (Lipinski definition) is 4. The summed E-state index contributed by atoms with van der Waals surface area (Å²) in [5, 5.41) is 1.14. The fourth-order valence-electron chi connectivity index (χ4n) is 7.26. The van der Waals surface area contributed by atoms with Crippen molar-refractivity contribution in [3.8, 4) is 44.8 Å². The first-order chi connectivity index (χ1) is 33.8. The van der Waals surface area contributed by atoms with Crippen molar-refractivity contribution < 1.29 is 46.5 Å². The summed E-state index contributed by atoms with van der Waals surface area (Å²) >= 11 is 0. The fraction of sp³-hybridized carbons (Fsp3) is 0.264. The Bertz CT molecular complexity index is 3270. The summed E-state index contributed by atoms with van der Waals surface area (Å²) in [4.78, 5) is 13.1. The second kappa shape index (κ2) is 16.9. The number of nitrogens with zero attached hydrogens (tertiary/aromatic N) is 3. The van der Waals surface area contributed by atoms with Crippen molar-refractivity contribution in [2.45, 2.75) is 92.0 Å². The Hall–Kier alpha value is -5.22. The fourth-order valence-corrected chi connectivity index (χ4v) is 7.26. The number of benzene rings is 4. The molecule has 0 unspecified atom stereocenters. The van der Waals surface area contributed by atoms with E-state index in [-0.39, 0.29) is 76.0 Å². The molecule has 4 nitrogen and oxygen atoms in total. The molecule has 58 heavy (non-hydrogen) atoms. The molecule has 1 radical (unpaired) electrons. The van der Waals surface area contributed by atoms with Gasteiger partial charge in [-0.25, -0.2) is 4.98 Å². The van der Waals surface area contributed by atoms with Gasteiger partial charge in [0, 0.05) is 65.5 Å². The van der Waals surface area contributed by atoms with Gasteiger partial charge in [-0.1, -0.05) is 106 Å². The van der Waals surface area contributed by atoms with Gasteiger partial charge in [-0.3, -0.25) is 0 Å². The largest absolute Gasteiger partial charge is 0.486 e.